The van der Waals surface area contributed by atoms with E-state index in [1.54, 1.807) is 6.07 Å². The number of nitrogens with zero attached hydrogens (tertiary/aromatic N) is 2. The smallest absolute Gasteiger partial charge is 0.356 e. The lowest BCUT2D eigenvalue weighted by Crippen LogP contribution is -2.07. The van der Waals surface area contributed by atoms with Crippen molar-refractivity contribution in [2.45, 2.75) is 13.8 Å². The highest BCUT2D eigenvalue weighted by Crippen LogP contribution is 2.25. The van der Waals surface area contributed by atoms with Crippen LogP contribution < -0.4 is 4.74 Å². The Kier molecular flexibility index (Phi) is 4.75. The van der Waals surface area contributed by atoms with Crippen LogP contribution in [0.25, 0.3) is 11.4 Å². The SMILES string of the molecule is COC(=O)c1cc(C)nc(-c2ccc(Oc3ccc(C)cc3)cc2)n1. The molecule has 126 valence electrons. The van der Waals surface area contributed by atoms with Gasteiger partial charge in [0.05, 0.1) is 7.11 Å². The van der Waals surface area contributed by atoms with Crippen molar-refractivity contribution in [2.24, 2.45) is 0 Å². The molecule has 25 heavy (non-hydrogen) atoms. The van der Waals surface area contributed by atoms with Gasteiger partial charge in [-0.05, 0) is 56.3 Å². The third-order valence-electron chi connectivity index (χ3n) is 3.62. The first-order valence-corrected chi connectivity index (χ1v) is 7.84. The van der Waals surface area contributed by atoms with Crippen molar-refractivity contribution < 1.29 is 14.3 Å². The highest BCUT2D eigenvalue weighted by molar-refractivity contribution is 5.87. The Labute approximate surface area is 146 Å². The molecule has 0 N–H and O–H groups in total. The van der Waals surface area contributed by atoms with Crippen LogP contribution in [0.2, 0.25) is 0 Å². The monoisotopic (exact) mass is 334 g/mol. The van der Waals surface area contributed by atoms with E-state index in [2.05, 4.69) is 9.97 Å². The molecule has 0 aliphatic heterocycles. The highest BCUT2D eigenvalue weighted by atomic mass is 16.5. The fourth-order valence-corrected chi connectivity index (χ4v) is 2.32. The molecule has 3 aromatic rings. The van der Waals surface area contributed by atoms with Gasteiger partial charge < -0.3 is 9.47 Å². The molecule has 0 radical (unpaired) electrons. The minimum absolute atomic E-state index is 0.241. The van der Waals surface area contributed by atoms with Gasteiger partial charge in [0, 0.05) is 11.3 Å². The second-order valence-electron chi connectivity index (χ2n) is 5.65. The van der Waals surface area contributed by atoms with Gasteiger partial charge in [-0.3, -0.25) is 0 Å². The van der Waals surface area contributed by atoms with Gasteiger partial charge in [0.25, 0.3) is 0 Å². The van der Waals surface area contributed by atoms with Crippen LogP contribution in [0.5, 0.6) is 11.5 Å². The van der Waals surface area contributed by atoms with Crippen LogP contribution >= 0.6 is 0 Å². The Balaban J connectivity index is 1.83. The molecule has 0 saturated heterocycles. The molecule has 2 aromatic carbocycles. The van der Waals surface area contributed by atoms with E-state index in [1.807, 2.05) is 62.4 Å². The van der Waals surface area contributed by atoms with E-state index in [-0.39, 0.29) is 5.69 Å². The van der Waals surface area contributed by atoms with Gasteiger partial charge in [-0.15, -0.1) is 0 Å². The molecular weight excluding hydrogens is 316 g/mol. The first kappa shape index (κ1) is 16.6. The third-order valence-corrected chi connectivity index (χ3v) is 3.62. The molecule has 0 unspecified atom stereocenters. The van der Waals surface area contributed by atoms with Crippen LogP contribution in [0.4, 0.5) is 0 Å². The Morgan fingerprint density at radius 2 is 1.48 bits per heavy atom. The second-order valence-corrected chi connectivity index (χ2v) is 5.65. The molecule has 0 fully saturated rings. The summed E-state index contributed by atoms with van der Waals surface area (Å²) in [5.41, 5.74) is 2.92. The van der Waals surface area contributed by atoms with E-state index < -0.39 is 5.97 Å². The molecule has 5 nitrogen and oxygen atoms in total. The summed E-state index contributed by atoms with van der Waals surface area (Å²) in [7, 11) is 1.33. The lowest BCUT2D eigenvalue weighted by molar-refractivity contribution is 0.0594. The molecule has 0 saturated carbocycles. The Morgan fingerprint density at radius 3 is 2.08 bits per heavy atom. The van der Waals surface area contributed by atoms with Crippen molar-refractivity contribution in [2.75, 3.05) is 7.11 Å². The van der Waals surface area contributed by atoms with Crippen molar-refractivity contribution in [3.63, 3.8) is 0 Å². The molecule has 1 aromatic heterocycles. The van der Waals surface area contributed by atoms with Gasteiger partial charge in [0.1, 0.15) is 11.5 Å². The van der Waals surface area contributed by atoms with Crippen LogP contribution in [-0.2, 0) is 4.74 Å². The normalized spacial score (nSPS) is 10.4. The number of methoxy groups -OCH3 is 1. The maximum absolute atomic E-state index is 11.7. The lowest BCUT2D eigenvalue weighted by Gasteiger charge is -2.08. The van der Waals surface area contributed by atoms with Crippen molar-refractivity contribution >= 4 is 5.97 Å². The summed E-state index contributed by atoms with van der Waals surface area (Å²) < 4.78 is 10.5. The fraction of sp³-hybridized carbons (Fsp3) is 0.150. The lowest BCUT2D eigenvalue weighted by atomic mass is 10.2. The molecule has 0 atom stereocenters. The van der Waals surface area contributed by atoms with E-state index in [4.69, 9.17) is 9.47 Å². The van der Waals surface area contributed by atoms with Crippen molar-refractivity contribution in [3.05, 3.63) is 71.5 Å². The Morgan fingerprint density at radius 1 is 0.880 bits per heavy atom. The number of hydrogen-bond acceptors (Lipinski definition) is 5. The largest absolute Gasteiger partial charge is 0.464 e. The molecule has 0 bridgehead atoms. The third kappa shape index (κ3) is 4.01. The average Bonchev–Trinajstić information content (AvgIpc) is 2.63. The summed E-state index contributed by atoms with van der Waals surface area (Å²) in [4.78, 5) is 20.4. The number of hydrogen-bond donors (Lipinski definition) is 0. The average molecular weight is 334 g/mol. The maximum atomic E-state index is 11.7. The molecule has 0 spiro atoms. The first-order chi connectivity index (χ1) is 12.0. The van der Waals surface area contributed by atoms with Crippen LogP contribution in [0.3, 0.4) is 0 Å². The zero-order valence-corrected chi connectivity index (χ0v) is 14.3. The zero-order chi connectivity index (χ0) is 17.8. The second kappa shape index (κ2) is 7.13. The highest BCUT2D eigenvalue weighted by Gasteiger charge is 2.12. The molecule has 3 rings (SSSR count). The number of aromatic nitrogens is 2. The van der Waals surface area contributed by atoms with E-state index in [0.717, 1.165) is 11.3 Å². The summed E-state index contributed by atoms with van der Waals surface area (Å²) in [5.74, 6) is 1.49. The number of ether oxygens (including phenoxy) is 2. The van der Waals surface area contributed by atoms with Gasteiger partial charge in [-0.25, -0.2) is 14.8 Å². The minimum Gasteiger partial charge on any atom is -0.464 e. The predicted octanol–water partition coefficient (Wildman–Crippen LogP) is 4.34. The summed E-state index contributed by atoms with van der Waals surface area (Å²) in [5, 5.41) is 0. The van der Waals surface area contributed by atoms with E-state index in [1.165, 1.54) is 12.7 Å². The van der Waals surface area contributed by atoms with Crippen molar-refractivity contribution in [1.82, 2.24) is 9.97 Å². The van der Waals surface area contributed by atoms with Crippen LogP contribution in [-0.4, -0.2) is 23.0 Å². The van der Waals surface area contributed by atoms with Crippen LogP contribution in [0, 0.1) is 13.8 Å². The number of benzene rings is 2. The van der Waals surface area contributed by atoms with Gasteiger partial charge in [-0.2, -0.15) is 0 Å². The van der Waals surface area contributed by atoms with E-state index in [0.29, 0.717) is 17.3 Å². The standard InChI is InChI=1S/C20H18N2O3/c1-13-4-8-16(9-5-13)25-17-10-6-15(7-11-17)19-21-14(2)12-18(22-19)20(23)24-3/h4-12H,1-3H3. The number of carbonyl (C=O) groups excluding carboxylic acids is 1. The van der Waals surface area contributed by atoms with E-state index >= 15 is 0 Å². The number of aryl methyl sites for hydroxylation is 2. The summed E-state index contributed by atoms with van der Waals surface area (Å²) in [6.45, 7) is 3.84. The minimum atomic E-state index is -0.480. The van der Waals surface area contributed by atoms with E-state index in [9.17, 15) is 4.79 Å². The number of rotatable bonds is 4. The molecule has 1 heterocycles. The molecule has 0 amide bonds. The number of carbonyl (C=O) groups is 1. The summed E-state index contributed by atoms with van der Waals surface area (Å²) in [6, 6.07) is 16.9. The summed E-state index contributed by atoms with van der Waals surface area (Å²) >= 11 is 0. The van der Waals surface area contributed by atoms with Crippen molar-refractivity contribution in [1.29, 1.82) is 0 Å². The fourth-order valence-electron chi connectivity index (χ4n) is 2.32. The maximum Gasteiger partial charge on any atom is 0.356 e. The van der Waals surface area contributed by atoms with Gasteiger partial charge in [0.15, 0.2) is 11.5 Å². The molecular formula is C20H18N2O3. The Hall–Kier alpha value is -3.21. The topological polar surface area (TPSA) is 61.3 Å². The predicted molar refractivity (Wildman–Crippen MR) is 94.8 cm³/mol. The van der Waals surface area contributed by atoms with Gasteiger partial charge in [0.2, 0.25) is 0 Å². The van der Waals surface area contributed by atoms with Crippen LogP contribution in [0.1, 0.15) is 21.7 Å². The quantitative estimate of drug-likeness (QED) is 0.664. The molecule has 5 heteroatoms. The molecule has 0 aliphatic rings. The summed E-state index contributed by atoms with van der Waals surface area (Å²) in [6.07, 6.45) is 0. The Bertz CT molecular complexity index is 888. The number of esters is 1. The van der Waals surface area contributed by atoms with Crippen LogP contribution in [0.15, 0.2) is 54.6 Å². The van der Waals surface area contributed by atoms with Gasteiger partial charge >= 0.3 is 5.97 Å². The van der Waals surface area contributed by atoms with Crippen molar-refractivity contribution in [3.8, 4) is 22.9 Å². The zero-order valence-electron chi connectivity index (χ0n) is 14.3. The molecule has 0 aliphatic carbocycles. The first-order valence-electron chi connectivity index (χ1n) is 7.84. The van der Waals surface area contributed by atoms with Gasteiger partial charge in [-0.1, -0.05) is 17.7 Å².